The summed E-state index contributed by atoms with van der Waals surface area (Å²) in [4.78, 5) is 40.4. The number of halogens is 1. The van der Waals surface area contributed by atoms with Crippen LogP contribution in [0.5, 0.6) is 0 Å². The Morgan fingerprint density at radius 3 is 2.56 bits per heavy atom. The summed E-state index contributed by atoms with van der Waals surface area (Å²) in [5.74, 6) is -0.725. The van der Waals surface area contributed by atoms with Crippen LogP contribution in [0.15, 0.2) is 36.4 Å². The van der Waals surface area contributed by atoms with Gasteiger partial charge >= 0.3 is 6.09 Å². The predicted molar refractivity (Wildman–Crippen MR) is 128 cm³/mol. The normalized spacial score (nSPS) is 17.7. The number of aryl methyl sites for hydroxylation is 2. The van der Waals surface area contributed by atoms with Crippen molar-refractivity contribution < 1.29 is 23.5 Å². The molecule has 1 N–H and O–H groups in total. The van der Waals surface area contributed by atoms with E-state index in [1.807, 2.05) is 30.9 Å². The van der Waals surface area contributed by atoms with Crippen molar-refractivity contribution >= 4 is 29.2 Å². The zero-order valence-electron chi connectivity index (χ0n) is 19.6. The molecule has 0 bridgehead atoms. The van der Waals surface area contributed by atoms with Gasteiger partial charge in [-0.1, -0.05) is 23.8 Å². The molecule has 7 nitrogen and oxygen atoms in total. The predicted octanol–water partition coefficient (Wildman–Crippen LogP) is 4.15. The fourth-order valence-corrected chi connectivity index (χ4v) is 4.52. The van der Waals surface area contributed by atoms with Gasteiger partial charge in [0.1, 0.15) is 11.9 Å². The summed E-state index contributed by atoms with van der Waals surface area (Å²) in [6.45, 7) is 5.86. The molecule has 1 unspecified atom stereocenters. The van der Waals surface area contributed by atoms with E-state index >= 15 is 0 Å². The molecule has 2 heterocycles. The summed E-state index contributed by atoms with van der Waals surface area (Å²) in [6, 6.07) is 10.4. The quantitative estimate of drug-likeness (QED) is 0.590. The van der Waals surface area contributed by atoms with Crippen molar-refractivity contribution in [3.63, 3.8) is 0 Å². The second-order valence-corrected chi connectivity index (χ2v) is 8.99. The van der Waals surface area contributed by atoms with Gasteiger partial charge in [-0.3, -0.25) is 14.5 Å². The molecule has 4 rings (SSSR count). The van der Waals surface area contributed by atoms with Gasteiger partial charge in [-0.2, -0.15) is 0 Å². The van der Waals surface area contributed by atoms with Crippen LogP contribution < -0.4 is 15.1 Å². The molecule has 2 aromatic rings. The Morgan fingerprint density at radius 1 is 1.09 bits per heavy atom. The van der Waals surface area contributed by atoms with Crippen molar-refractivity contribution in [2.75, 3.05) is 36.0 Å². The van der Waals surface area contributed by atoms with Crippen LogP contribution in [0.3, 0.4) is 0 Å². The molecule has 8 heteroatoms. The van der Waals surface area contributed by atoms with Gasteiger partial charge in [-0.05, 0) is 50.5 Å². The standard InChI is InChI=1S/C26H30FN3O4/c1-17-5-7-21(18(2)13-17)24(31)9-10-25(32)28-15-20-16-30(26(33)34-20)19-6-8-23(22(27)14-19)29-11-3-4-12-29/h5-8,13-14,20H,3-4,9-12,15-16H2,1-2H3,(H,28,32). The van der Waals surface area contributed by atoms with Gasteiger partial charge in [0.05, 0.1) is 24.5 Å². The number of carbonyl (C=O) groups is 3. The lowest BCUT2D eigenvalue weighted by Crippen LogP contribution is -2.34. The Hall–Kier alpha value is -3.42. The van der Waals surface area contributed by atoms with Crippen molar-refractivity contribution in [2.24, 2.45) is 0 Å². The van der Waals surface area contributed by atoms with Crippen LogP contribution in [0.25, 0.3) is 0 Å². The third-order valence-corrected chi connectivity index (χ3v) is 6.35. The highest BCUT2D eigenvalue weighted by atomic mass is 19.1. The maximum absolute atomic E-state index is 14.6. The van der Waals surface area contributed by atoms with E-state index in [4.69, 9.17) is 4.74 Å². The number of anilines is 2. The van der Waals surface area contributed by atoms with E-state index in [1.54, 1.807) is 18.2 Å². The SMILES string of the molecule is Cc1ccc(C(=O)CCC(=O)NCC2CN(c3ccc(N4CCCC4)c(F)c3)C(=O)O2)c(C)c1. The molecular formula is C26H30FN3O4. The smallest absolute Gasteiger partial charge is 0.414 e. The Morgan fingerprint density at radius 2 is 1.85 bits per heavy atom. The summed E-state index contributed by atoms with van der Waals surface area (Å²) in [7, 11) is 0. The number of nitrogens with one attached hydrogen (secondary N) is 1. The Balaban J connectivity index is 1.26. The van der Waals surface area contributed by atoms with Gasteiger partial charge in [-0.15, -0.1) is 0 Å². The number of benzene rings is 2. The molecule has 0 radical (unpaired) electrons. The van der Waals surface area contributed by atoms with Gasteiger partial charge < -0.3 is 15.0 Å². The summed E-state index contributed by atoms with van der Waals surface area (Å²) >= 11 is 0. The van der Waals surface area contributed by atoms with E-state index in [-0.39, 0.29) is 43.4 Å². The fraction of sp³-hybridized carbons (Fsp3) is 0.423. The summed E-state index contributed by atoms with van der Waals surface area (Å²) in [5, 5.41) is 2.73. The number of Topliss-reactive ketones (excluding diaryl/α,β-unsaturated/α-hetero) is 1. The fourth-order valence-electron chi connectivity index (χ4n) is 4.52. The first-order valence-corrected chi connectivity index (χ1v) is 11.7. The second kappa shape index (κ2) is 10.2. The summed E-state index contributed by atoms with van der Waals surface area (Å²) in [5.41, 5.74) is 3.58. The number of hydrogen-bond acceptors (Lipinski definition) is 5. The Labute approximate surface area is 198 Å². The van der Waals surface area contributed by atoms with Gasteiger partial charge in [0.15, 0.2) is 5.78 Å². The van der Waals surface area contributed by atoms with Crippen LogP contribution >= 0.6 is 0 Å². The molecule has 2 aliphatic rings. The topological polar surface area (TPSA) is 79.0 Å². The molecule has 2 fully saturated rings. The number of nitrogens with zero attached hydrogens (tertiary/aromatic N) is 2. The number of rotatable bonds is 8. The van der Waals surface area contributed by atoms with Crippen molar-refractivity contribution in [1.82, 2.24) is 5.32 Å². The number of amides is 2. The largest absolute Gasteiger partial charge is 0.442 e. The number of cyclic esters (lactones) is 1. The highest BCUT2D eigenvalue weighted by molar-refractivity contribution is 5.99. The van der Waals surface area contributed by atoms with E-state index in [1.165, 1.54) is 11.0 Å². The summed E-state index contributed by atoms with van der Waals surface area (Å²) < 4.78 is 20.0. The summed E-state index contributed by atoms with van der Waals surface area (Å²) in [6.07, 6.45) is 1.14. The number of ether oxygens (including phenoxy) is 1. The minimum Gasteiger partial charge on any atom is -0.442 e. The third-order valence-electron chi connectivity index (χ3n) is 6.35. The molecule has 2 amide bonds. The average Bonchev–Trinajstić information content (AvgIpc) is 3.46. The van der Waals surface area contributed by atoms with Crippen molar-refractivity contribution in [2.45, 2.75) is 45.6 Å². The van der Waals surface area contributed by atoms with E-state index in [0.717, 1.165) is 37.1 Å². The Bertz CT molecular complexity index is 1100. The highest BCUT2D eigenvalue weighted by Gasteiger charge is 2.33. The lowest BCUT2D eigenvalue weighted by molar-refractivity contribution is -0.121. The zero-order valence-corrected chi connectivity index (χ0v) is 19.6. The van der Waals surface area contributed by atoms with E-state index < -0.39 is 12.2 Å². The van der Waals surface area contributed by atoms with Crippen LogP contribution in [0.4, 0.5) is 20.6 Å². The lowest BCUT2D eigenvalue weighted by atomic mass is 9.99. The Kier molecular flexibility index (Phi) is 7.14. The second-order valence-electron chi connectivity index (χ2n) is 8.99. The average molecular weight is 468 g/mol. The first-order chi connectivity index (χ1) is 16.3. The molecule has 0 aromatic heterocycles. The minimum absolute atomic E-state index is 0.0553. The highest BCUT2D eigenvalue weighted by Crippen LogP contribution is 2.29. The van der Waals surface area contributed by atoms with Gasteiger partial charge in [0.25, 0.3) is 0 Å². The molecule has 2 saturated heterocycles. The molecular weight excluding hydrogens is 437 g/mol. The van der Waals surface area contributed by atoms with Crippen LogP contribution in [0.1, 0.15) is 47.2 Å². The van der Waals surface area contributed by atoms with E-state index in [9.17, 15) is 18.8 Å². The van der Waals surface area contributed by atoms with Crippen LogP contribution in [0.2, 0.25) is 0 Å². The van der Waals surface area contributed by atoms with E-state index in [0.29, 0.717) is 16.9 Å². The maximum atomic E-state index is 14.6. The van der Waals surface area contributed by atoms with Gasteiger partial charge in [-0.25, -0.2) is 9.18 Å². The number of hydrogen-bond donors (Lipinski definition) is 1. The zero-order chi connectivity index (χ0) is 24.2. The molecule has 34 heavy (non-hydrogen) atoms. The van der Waals surface area contributed by atoms with Crippen LogP contribution in [-0.2, 0) is 9.53 Å². The molecule has 2 aromatic carbocycles. The number of ketones is 1. The van der Waals surface area contributed by atoms with E-state index in [2.05, 4.69) is 5.32 Å². The van der Waals surface area contributed by atoms with Crippen molar-refractivity contribution in [3.8, 4) is 0 Å². The molecule has 180 valence electrons. The monoisotopic (exact) mass is 467 g/mol. The molecule has 2 aliphatic heterocycles. The third kappa shape index (κ3) is 5.38. The van der Waals surface area contributed by atoms with Crippen molar-refractivity contribution in [1.29, 1.82) is 0 Å². The van der Waals surface area contributed by atoms with Crippen LogP contribution in [-0.4, -0.2) is 50.1 Å². The van der Waals surface area contributed by atoms with Crippen molar-refractivity contribution in [3.05, 3.63) is 58.9 Å². The van der Waals surface area contributed by atoms with Crippen LogP contribution in [0, 0.1) is 19.7 Å². The maximum Gasteiger partial charge on any atom is 0.414 e. The molecule has 0 saturated carbocycles. The first kappa shape index (κ1) is 23.7. The minimum atomic E-state index is -0.572. The number of carbonyl (C=O) groups excluding carboxylic acids is 3. The first-order valence-electron chi connectivity index (χ1n) is 11.7. The van der Waals surface area contributed by atoms with Gasteiger partial charge in [0.2, 0.25) is 5.91 Å². The lowest BCUT2D eigenvalue weighted by Gasteiger charge is -2.20. The molecule has 0 aliphatic carbocycles. The van der Waals surface area contributed by atoms with Gasteiger partial charge in [0, 0.05) is 31.5 Å². The molecule has 0 spiro atoms. The molecule has 1 atom stereocenters.